The number of rotatable bonds is 2. The number of carbonyl (C=O) groups is 1. The van der Waals surface area contributed by atoms with E-state index in [1.165, 1.54) is 0 Å². The minimum absolute atomic E-state index is 0.183. The van der Waals surface area contributed by atoms with Crippen molar-refractivity contribution in [3.05, 3.63) is 12.2 Å². The highest BCUT2D eigenvalue weighted by molar-refractivity contribution is 7.80. The first-order valence-corrected chi connectivity index (χ1v) is 10.9. The molecule has 0 amide bonds. The Bertz CT molecular complexity index is 713. The van der Waals surface area contributed by atoms with Crippen molar-refractivity contribution >= 4 is 16.2 Å². The molecule has 140 valence electrons. The summed E-state index contributed by atoms with van der Waals surface area (Å²) >= 11 is 0. The summed E-state index contributed by atoms with van der Waals surface area (Å²) in [5.74, 6) is 2.24. The molecule has 4 rings (SSSR count). The van der Waals surface area contributed by atoms with Gasteiger partial charge < -0.3 is 0 Å². The molecule has 3 fully saturated rings. The predicted molar refractivity (Wildman–Crippen MR) is 93.1 cm³/mol. The molecule has 25 heavy (non-hydrogen) atoms. The number of hydrogen-bond donors (Lipinski definition) is 1. The summed E-state index contributed by atoms with van der Waals surface area (Å²) in [6.45, 7) is 4.50. The molecule has 4 aliphatic carbocycles. The van der Waals surface area contributed by atoms with Gasteiger partial charge in [-0.25, -0.2) is 4.18 Å². The van der Waals surface area contributed by atoms with E-state index < -0.39 is 16.5 Å². The van der Waals surface area contributed by atoms with E-state index in [4.69, 9.17) is 8.74 Å². The van der Waals surface area contributed by atoms with E-state index in [-0.39, 0.29) is 10.8 Å². The Hall–Kier alpha value is -0.720. The molecule has 0 aliphatic heterocycles. The van der Waals surface area contributed by atoms with Crippen molar-refractivity contribution in [2.24, 2.45) is 34.5 Å². The van der Waals surface area contributed by atoms with Crippen LogP contribution < -0.4 is 0 Å². The lowest BCUT2D eigenvalue weighted by atomic mass is 9.45. The van der Waals surface area contributed by atoms with Crippen molar-refractivity contribution in [1.29, 1.82) is 0 Å². The van der Waals surface area contributed by atoms with Gasteiger partial charge in [0.25, 0.3) is 0 Å². The normalized spacial score (nSPS) is 49.4. The van der Waals surface area contributed by atoms with Crippen LogP contribution in [-0.2, 0) is 19.4 Å². The number of fused-ring (bicyclic) bond motifs is 5. The summed E-state index contributed by atoms with van der Waals surface area (Å²) in [5, 5.41) is 0. The predicted octanol–water partition coefficient (Wildman–Crippen LogP) is 3.56. The minimum Gasteiger partial charge on any atom is -0.294 e. The Kier molecular flexibility index (Phi) is 3.99. The second-order valence-electron chi connectivity index (χ2n) is 9.18. The summed E-state index contributed by atoms with van der Waals surface area (Å²) in [4.78, 5) is 12.4. The average Bonchev–Trinajstić information content (AvgIpc) is 2.82. The fourth-order valence-corrected chi connectivity index (χ4v) is 7.27. The molecule has 0 unspecified atom stereocenters. The number of ketones is 1. The zero-order chi connectivity index (χ0) is 18.0. The van der Waals surface area contributed by atoms with Crippen molar-refractivity contribution in [2.75, 3.05) is 0 Å². The fraction of sp³-hybridized carbons (Fsp3) is 0.842. The van der Waals surface area contributed by atoms with Crippen molar-refractivity contribution in [2.45, 2.75) is 64.9 Å². The van der Waals surface area contributed by atoms with E-state index in [0.717, 1.165) is 32.1 Å². The molecule has 0 radical (unpaired) electrons. The van der Waals surface area contributed by atoms with Gasteiger partial charge in [0.2, 0.25) is 0 Å². The van der Waals surface area contributed by atoms with Crippen molar-refractivity contribution in [3.8, 4) is 0 Å². The van der Waals surface area contributed by atoms with Crippen molar-refractivity contribution < 1.29 is 21.9 Å². The smallest absolute Gasteiger partial charge is 0.294 e. The highest BCUT2D eigenvalue weighted by atomic mass is 32.3. The van der Waals surface area contributed by atoms with Gasteiger partial charge >= 0.3 is 10.4 Å². The topological polar surface area (TPSA) is 80.7 Å². The summed E-state index contributed by atoms with van der Waals surface area (Å²) in [6.07, 6.45) is 10.1. The van der Waals surface area contributed by atoms with Crippen LogP contribution in [0.3, 0.4) is 0 Å². The molecule has 0 bridgehead atoms. The molecule has 6 heteroatoms. The van der Waals surface area contributed by atoms with Crippen LogP contribution in [0.5, 0.6) is 0 Å². The van der Waals surface area contributed by atoms with Crippen LogP contribution in [0.4, 0.5) is 0 Å². The first-order chi connectivity index (χ1) is 11.6. The molecular weight excluding hydrogens is 340 g/mol. The second-order valence-corrected chi connectivity index (χ2v) is 10.2. The van der Waals surface area contributed by atoms with Gasteiger partial charge in [0.05, 0.1) is 6.10 Å². The lowest BCUT2D eigenvalue weighted by Gasteiger charge is -2.60. The summed E-state index contributed by atoms with van der Waals surface area (Å²) < 4.78 is 36.0. The van der Waals surface area contributed by atoms with Gasteiger partial charge in [-0.2, -0.15) is 8.42 Å². The lowest BCUT2D eigenvalue weighted by Crippen LogP contribution is -2.54. The van der Waals surface area contributed by atoms with E-state index in [1.807, 2.05) is 0 Å². The molecule has 4 aliphatic rings. The highest BCUT2D eigenvalue weighted by Gasteiger charge is 2.59. The third kappa shape index (κ3) is 2.72. The molecule has 0 saturated heterocycles. The van der Waals surface area contributed by atoms with Crippen molar-refractivity contribution in [3.63, 3.8) is 0 Å². The Balaban J connectivity index is 1.55. The fourth-order valence-electron chi connectivity index (χ4n) is 6.75. The molecule has 7 atom stereocenters. The van der Waals surface area contributed by atoms with Crippen LogP contribution in [0.15, 0.2) is 12.2 Å². The molecule has 0 spiro atoms. The third-order valence-electron chi connectivity index (χ3n) is 8.14. The molecule has 1 N–H and O–H groups in total. The zero-order valence-electron chi connectivity index (χ0n) is 15.0. The quantitative estimate of drug-likeness (QED) is 0.754. The second kappa shape index (κ2) is 5.64. The number of carbonyl (C=O) groups excluding carboxylic acids is 1. The third-order valence-corrected chi connectivity index (χ3v) is 8.66. The molecule has 0 aromatic carbocycles. The van der Waals surface area contributed by atoms with Crippen LogP contribution in [-0.4, -0.2) is 24.9 Å². The van der Waals surface area contributed by atoms with Gasteiger partial charge in [-0.15, -0.1) is 0 Å². The Labute approximate surface area is 150 Å². The first kappa shape index (κ1) is 17.7. The molecule has 0 aromatic heterocycles. The SMILES string of the molecule is C[C@]12CC[C@H](OS(=O)(=O)O)C[C@@H]1CC[C@@H]1[C@@H]2CC[C@]2(C)C(=O)C=C[C@@H]12. The maximum Gasteiger partial charge on any atom is 0.397 e. The van der Waals surface area contributed by atoms with Crippen LogP contribution in [0.25, 0.3) is 0 Å². The Morgan fingerprint density at radius 2 is 1.92 bits per heavy atom. The maximum atomic E-state index is 12.4. The Morgan fingerprint density at radius 3 is 2.64 bits per heavy atom. The van der Waals surface area contributed by atoms with Gasteiger partial charge in [-0.3, -0.25) is 9.35 Å². The molecule has 0 aromatic rings. The molecular formula is C19H28O5S. The van der Waals surface area contributed by atoms with Crippen molar-refractivity contribution in [1.82, 2.24) is 0 Å². The van der Waals surface area contributed by atoms with E-state index in [9.17, 15) is 13.2 Å². The lowest BCUT2D eigenvalue weighted by molar-refractivity contribution is -0.139. The van der Waals surface area contributed by atoms with E-state index in [0.29, 0.717) is 42.3 Å². The summed E-state index contributed by atoms with van der Waals surface area (Å²) in [6, 6.07) is 0. The van der Waals surface area contributed by atoms with Gasteiger partial charge in [0.15, 0.2) is 5.78 Å². The maximum absolute atomic E-state index is 12.4. The molecule has 5 nitrogen and oxygen atoms in total. The Morgan fingerprint density at radius 1 is 1.16 bits per heavy atom. The van der Waals surface area contributed by atoms with Crippen LogP contribution in [0, 0.1) is 34.5 Å². The van der Waals surface area contributed by atoms with Gasteiger partial charge in [0.1, 0.15) is 0 Å². The standard InChI is InChI=1S/C19H28O5S/c1-18-9-7-13(24-25(21,22)23)11-12(18)3-4-14-15-5-6-17(20)19(15,2)10-8-16(14)18/h5-6,12-16H,3-4,7-11H2,1-2H3,(H,21,22,23)/t12-,13-,14-,15-,16-,18-,19-/m0/s1. The van der Waals surface area contributed by atoms with E-state index >= 15 is 0 Å². The minimum atomic E-state index is -4.38. The largest absolute Gasteiger partial charge is 0.397 e. The van der Waals surface area contributed by atoms with Crippen LogP contribution >= 0.6 is 0 Å². The zero-order valence-corrected chi connectivity index (χ0v) is 15.8. The van der Waals surface area contributed by atoms with Crippen LogP contribution in [0.2, 0.25) is 0 Å². The number of hydrogen-bond acceptors (Lipinski definition) is 4. The summed E-state index contributed by atoms with van der Waals surface area (Å²) in [5.41, 5.74) is -0.0154. The highest BCUT2D eigenvalue weighted by Crippen LogP contribution is 2.64. The summed E-state index contributed by atoms with van der Waals surface area (Å²) in [7, 11) is -4.38. The van der Waals surface area contributed by atoms with Gasteiger partial charge in [-0.1, -0.05) is 19.9 Å². The van der Waals surface area contributed by atoms with E-state index in [1.54, 1.807) is 6.08 Å². The first-order valence-electron chi connectivity index (χ1n) is 9.52. The number of allylic oxidation sites excluding steroid dienone is 2. The average molecular weight is 368 g/mol. The van der Waals surface area contributed by atoms with Gasteiger partial charge in [0, 0.05) is 5.41 Å². The van der Waals surface area contributed by atoms with Crippen LogP contribution in [0.1, 0.15) is 58.8 Å². The molecule has 0 heterocycles. The van der Waals surface area contributed by atoms with E-state index in [2.05, 4.69) is 19.9 Å². The monoisotopic (exact) mass is 368 g/mol. The molecule has 3 saturated carbocycles. The van der Waals surface area contributed by atoms with Gasteiger partial charge in [-0.05, 0) is 80.1 Å².